The van der Waals surface area contributed by atoms with Gasteiger partial charge in [0, 0.05) is 5.57 Å². The van der Waals surface area contributed by atoms with Crippen molar-refractivity contribution in [2.24, 2.45) is 0 Å². The molecule has 1 aromatic carbocycles. The molecule has 2 nitrogen and oxygen atoms in total. The molecule has 27 heavy (non-hydrogen) atoms. The van der Waals surface area contributed by atoms with Gasteiger partial charge in [-0.05, 0) is 5.56 Å². The van der Waals surface area contributed by atoms with E-state index in [1.807, 2.05) is 36.4 Å². The lowest BCUT2D eigenvalue weighted by atomic mass is 10.1. The predicted octanol–water partition coefficient (Wildman–Crippen LogP) is 6.57. The molecule has 0 saturated carbocycles. The zero-order chi connectivity index (χ0) is 20.1. The summed E-state index contributed by atoms with van der Waals surface area (Å²) in [4.78, 5) is 13.5. The van der Waals surface area contributed by atoms with Gasteiger partial charge >= 0.3 is 0 Å². The quantitative estimate of drug-likeness (QED) is 0.290. The van der Waals surface area contributed by atoms with Crippen LogP contribution in [0.5, 0.6) is 0 Å². The Balaban J connectivity index is 2.98. The first-order valence-corrected chi connectivity index (χ1v) is 13.3. The van der Waals surface area contributed by atoms with Crippen molar-refractivity contribution in [2.75, 3.05) is 0 Å². The van der Waals surface area contributed by atoms with Crippen molar-refractivity contribution in [1.82, 2.24) is 0 Å². The van der Waals surface area contributed by atoms with Crippen molar-refractivity contribution in [3.63, 3.8) is 0 Å². The number of rotatable bonds is 14. The van der Waals surface area contributed by atoms with Gasteiger partial charge in [-0.25, -0.2) is 0 Å². The van der Waals surface area contributed by atoms with Crippen LogP contribution in [-0.2, 0) is 4.79 Å². The molecular weight excluding hydrogens is 348 g/mol. The van der Waals surface area contributed by atoms with Gasteiger partial charge < -0.3 is 9.90 Å². The molecule has 1 aromatic rings. The van der Waals surface area contributed by atoms with E-state index in [4.69, 9.17) is 0 Å². The summed E-state index contributed by atoms with van der Waals surface area (Å²) in [6, 6.07) is 13.0. The van der Waals surface area contributed by atoms with E-state index >= 15 is 0 Å². The highest BCUT2D eigenvalue weighted by Crippen LogP contribution is 2.32. The minimum atomic E-state index is -2.13. The molecule has 1 N–H and O–H groups in total. The van der Waals surface area contributed by atoms with Crippen molar-refractivity contribution in [1.29, 1.82) is 0 Å². The van der Waals surface area contributed by atoms with Crippen LogP contribution in [0.25, 0.3) is 6.08 Å². The Kier molecular flexibility index (Phi) is 11.2. The van der Waals surface area contributed by atoms with Crippen LogP contribution in [0, 0.1) is 0 Å². The van der Waals surface area contributed by atoms with E-state index in [0.29, 0.717) is 5.57 Å². The van der Waals surface area contributed by atoms with E-state index in [2.05, 4.69) is 27.4 Å². The molecule has 0 aliphatic heterocycles. The molecule has 0 aliphatic carbocycles. The van der Waals surface area contributed by atoms with E-state index in [9.17, 15) is 9.90 Å². The molecule has 1 unspecified atom stereocenters. The summed E-state index contributed by atoms with van der Waals surface area (Å²) < 4.78 is 0. The summed E-state index contributed by atoms with van der Waals surface area (Å²) in [5, 5.41) is 10.8. The molecule has 3 heteroatoms. The van der Waals surface area contributed by atoms with Gasteiger partial charge in [-0.15, -0.1) is 0 Å². The van der Waals surface area contributed by atoms with Crippen molar-refractivity contribution >= 4 is 19.6 Å². The molecule has 0 radical (unpaired) electrons. The SMILES string of the molecule is C=C(C(=O)[Si](CCCC)(CCCC)CCCC)C(O)C=Cc1ccccc1. The van der Waals surface area contributed by atoms with Crippen molar-refractivity contribution in [3.05, 3.63) is 54.1 Å². The minimum absolute atomic E-state index is 0.211. The highest BCUT2D eigenvalue weighted by molar-refractivity contribution is 7.08. The van der Waals surface area contributed by atoms with Gasteiger partial charge in [0.1, 0.15) is 13.5 Å². The van der Waals surface area contributed by atoms with Gasteiger partial charge in [-0.2, -0.15) is 0 Å². The second-order valence-electron chi connectivity index (χ2n) is 7.66. The fraction of sp³-hybridized carbons (Fsp3) is 0.542. The fourth-order valence-electron chi connectivity index (χ4n) is 3.62. The first-order valence-electron chi connectivity index (χ1n) is 10.7. The van der Waals surface area contributed by atoms with Crippen LogP contribution in [0.4, 0.5) is 0 Å². The first kappa shape index (κ1) is 23.6. The third kappa shape index (κ3) is 7.59. The Hall–Kier alpha value is -1.45. The van der Waals surface area contributed by atoms with Gasteiger partial charge in [-0.1, -0.05) is 126 Å². The molecular formula is C24H38O2Si. The third-order valence-corrected chi connectivity index (χ3v) is 10.6. The average Bonchev–Trinajstić information content (AvgIpc) is 2.71. The highest BCUT2D eigenvalue weighted by Gasteiger charge is 2.41. The second kappa shape index (κ2) is 12.8. The molecule has 0 amide bonds. The van der Waals surface area contributed by atoms with Gasteiger partial charge in [0.25, 0.3) is 0 Å². The fourth-order valence-corrected chi connectivity index (χ4v) is 8.97. The molecule has 0 spiro atoms. The second-order valence-corrected chi connectivity index (χ2v) is 12.2. The summed E-state index contributed by atoms with van der Waals surface area (Å²) >= 11 is 0. The molecule has 1 rings (SSSR count). The number of carbonyl (C=O) groups is 1. The van der Waals surface area contributed by atoms with Crippen molar-refractivity contribution in [2.45, 2.75) is 83.5 Å². The lowest BCUT2D eigenvalue weighted by Crippen LogP contribution is -2.46. The van der Waals surface area contributed by atoms with E-state index in [1.165, 1.54) is 0 Å². The van der Waals surface area contributed by atoms with E-state index in [0.717, 1.165) is 62.2 Å². The Morgan fingerprint density at radius 2 is 1.48 bits per heavy atom. The maximum Gasteiger partial charge on any atom is 0.139 e. The molecule has 0 aromatic heterocycles. The number of unbranched alkanes of at least 4 members (excludes halogenated alkanes) is 3. The van der Waals surface area contributed by atoms with Gasteiger partial charge in [0.05, 0.1) is 6.10 Å². The third-order valence-electron chi connectivity index (χ3n) is 5.43. The first-order chi connectivity index (χ1) is 13.0. The lowest BCUT2D eigenvalue weighted by Gasteiger charge is -2.32. The summed E-state index contributed by atoms with van der Waals surface area (Å²) in [7, 11) is -2.13. The lowest BCUT2D eigenvalue weighted by molar-refractivity contribution is -0.110. The molecule has 0 bridgehead atoms. The van der Waals surface area contributed by atoms with Crippen LogP contribution in [0.3, 0.4) is 0 Å². The maximum atomic E-state index is 13.5. The molecule has 0 saturated heterocycles. The zero-order valence-corrected chi connectivity index (χ0v) is 18.5. The number of hydrogen-bond donors (Lipinski definition) is 1. The minimum Gasteiger partial charge on any atom is -0.384 e. The van der Waals surface area contributed by atoms with Crippen LogP contribution in [0.15, 0.2) is 48.6 Å². The number of hydrogen-bond acceptors (Lipinski definition) is 2. The van der Waals surface area contributed by atoms with Crippen LogP contribution in [0.1, 0.15) is 64.9 Å². The van der Waals surface area contributed by atoms with E-state index < -0.39 is 14.2 Å². The molecule has 0 aliphatic rings. The summed E-state index contributed by atoms with van der Waals surface area (Å²) in [6.45, 7) is 10.6. The Bertz CT molecular complexity index is 570. The molecule has 0 fully saturated rings. The van der Waals surface area contributed by atoms with Crippen LogP contribution < -0.4 is 0 Å². The summed E-state index contributed by atoms with van der Waals surface area (Å²) in [6.07, 6.45) is 9.34. The predicted molar refractivity (Wildman–Crippen MR) is 121 cm³/mol. The molecule has 0 heterocycles. The van der Waals surface area contributed by atoms with Crippen LogP contribution >= 0.6 is 0 Å². The Morgan fingerprint density at radius 1 is 1.00 bits per heavy atom. The monoisotopic (exact) mass is 386 g/mol. The van der Waals surface area contributed by atoms with Crippen LogP contribution in [-0.4, -0.2) is 24.7 Å². The number of aliphatic hydroxyl groups excluding tert-OH is 1. The van der Waals surface area contributed by atoms with Gasteiger partial charge in [0.15, 0.2) is 0 Å². The summed E-state index contributed by atoms with van der Waals surface area (Å²) in [5.41, 5.74) is 1.42. The van der Waals surface area contributed by atoms with Crippen molar-refractivity contribution in [3.8, 4) is 0 Å². The Morgan fingerprint density at radius 3 is 1.93 bits per heavy atom. The maximum absolute atomic E-state index is 13.5. The Labute approximate surface area is 167 Å². The standard InChI is InChI=1S/C24H38O2Si/c1-5-8-18-27(19-9-6-2,20-10-7-3)24(26)21(4)23(25)17-16-22-14-12-11-13-15-22/h11-17,23,25H,4-10,18-20H2,1-3H3. The smallest absolute Gasteiger partial charge is 0.139 e. The normalized spacial score (nSPS) is 13.0. The molecule has 1 atom stereocenters. The van der Waals surface area contributed by atoms with E-state index in [-0.39, 0.29) is 5.41 Å². The molecule has 150 valence electrons. The number of benzene rings is 1. The van der Waals surface area contributed by atoms with E-state index in [1.54, 1.807) is 6.08 Å². The van der Waals surface area contributed by atoms with Gasteiger partial charge in [-0.3, -0.25) is 0 Å². The largest absolute Gasteiger partial charge is 0.384 e. The zero-order valence-electron chi connectivity index (χ0n) is 17.5. The van der Waals surface area contributed by atoms with Crippen molar-refractivity contribution < 1.29 is 9.90 Å². The highest BCUT2D eigenvalue weighted by atomic mass is 28.3. The number of aliphatic hydroxyl groups is 1. The van der Waals surface area contributed by atoms with Gasteiger partial charge in [0.2, 0.25) is 0 Å². The summed E-state index contributed by atoms with van der Waals surface area (Å²) in [5.74, 6) is 0. The number of carbonyl (C=O) groups excluding carboxylic acids is 1. The average molecular weight is 387 g/mol. The topological polar surface area (TPSA) is 37.3 Å². The van der Waals surface area contributed by atoms with Crippen LogP contribution in [0.2, 0.25) is 18.1 Å².